The molecule has 0 radical (unpaired) electrons. The molecule has 1 unspecified atom stereocenters. The van der Waals surface area contributed by atoms with Crippen LogP contribution in [0.3, 0.4) is 0 Å². The normalized spacial score (nSPS) is 34.7. The molecule has 15 heavy (non-hydrogen) atoms. The zero-order valence-corrected chi connectivity index (χ0v) is 9.35. The van der Waals surface area contributed by atoms with E-state index in [0.29, 0.717) is 6.04 Å². The van der Waals surface area contributed by atoms with Crippen molar-refractivity contribution in [1.29, 1.82) is 0 Å². The fraction of sp³-hybridized carbons (Fsp3) is 0.909. The number of rotatable bonds is 4. The third-order valence-corrected chi connectivity index (χ3v) is 3.84. The Labute approximate surface area is 90.9 Å². The van der Waals surface area contributed by atoms with Crippen LogP contribution < -0.4 is 0 Å². The molecule has 4 heteroatoms. The lowest BCUT2D eigenvalue weighted by atomic mass is 9.83. The second kappa shape index (κ2) is 4.49. The number of piperidine rings is 3. The van der Waals surface area contributed by atoms with Gasteiger partial charge in [0.2, 0.25) is 0 Å². The largest absolute Gasteiger partial charge is 0.480 e. The average Bonchev–Trinajstić information content (AvgIpc) is 2.27. The molecule has 4 nitrogen and oxygen atoms in total. The highest BCUT2D eigenvalue weighted by Gasteiger charge is 2.37. The smallest absolute Gasteiger partial charge is 0.317 e. The lowest BCUT2D eigenvalue weighted by Crippen LogP contribution is -2.58. The van der Waals surface area contributed by atoms with Crippen LogP contribution in [-0.4, -0.2) is 59.6 Å². The van der Waals surface area contributed by atoms with Crippen LogP contribution >= 0.6 is 0 Å². The summed E-state index contributed by atoms with van der Waals surface area (Å²) < 4.78 is 0. The summed E-state index contributed by atoms with van der Waals surface area (Å²) in [6.07, 6.45) is 2.50. The first kappa shape index (κ1) is 10.9. The molecule has 0 aromatic heterocycles. The van der Waals surface area contributed by atoms with E-state index in [2.05, 4.69) is 16.7 Å². The first-order valence-electron chi connectivity index (χ1n) is 5.89. The van der Waals surface area contributed by atoms with Crippen LogP contribution in [-0.2, 0) is 4.79 Å². The van der Waals surface area contributed by atoms with E-state index in [9.17, 15) is 4.79 Å². The second-order valence-corrected chi connectivity index (χ2v) is 4.66. The molecule has 0 aromatic rings. The van der Waals surface area contributed by atoms with Crippen LogP contribution in [0.1, 0.15) is 19.8 Å². The maximum absolute atomic E-state index is 10.8. The van der Waals surface area contributed by atoms with Crippen molar-refractivity contribution in [2.45, 2.75) is 25.8 Å². The zero-order chi connectivity index (χ0) is 10.8. The van der Waals surface area contributed by atoms with Crippen molar-refractivity contribution in [2.75, 3.05) is 32.7 Å². The molecule has 3 rings (SSSR count). The minimum atomic E-state index is -0.701. The first-order chi connectivity index (χ1) is 7.20. The summed E-state index contributed by atoms with van der Waals surface area (Å²) >= 11 is 0. The summed E-state index contributed by atoms with van der Waals surface area (Å²) in [5, 5.41) is 8.86. The van der Waals surface area contributed by atoms with Gasteiger partial charge < -0.3 is 10.0 Å². The number of likely N-dealkylation sites (N-methyl/N-ethyl adjacent to an activating group) is 1. The summed E-state index contributed by atoms with van der Waals surface area (Å²) in [4.78, 5) is 15.4. The minimum Gasteiger partial charge on any atom is -0.480 e. The Morgan fingerprint density at radius 2 is 2.13 bits per heavy atom. The molecule has 3 fully saturated rings. The van der Waals surface area contributed by atoms with Gasteiger partial charge in [-0.15, -0.1) is 0 Å². The number of carbonyl (C=O) groups is 1. The lowest BCUT2D eigenvalue weighted by molar-refractivity contribution is -0.140. The summed E-state index contributed by atoms with van der Waals surface area (Å²) in [6, 6.07) is 0.480. The fourth-order valence-electron chi connectivity index (χ4n) is 2.98. The molecule has 3 aliphatic heterocycles. The Kier molecular flexibility index (Phi) is 3.26. The van der Waals surface area contributed by atoms with Crippen molar-refractivity contribution in [3.05, 3.63) is 0 Å². The van der Waals surface area contributed by atoms with E-state index in [0.717, 1.165) is 19.0 Å². The van der Waals surface area contributed by atoms with Crippen LogP contribution in [0.4, 0.5) is 0 Å². The summed E-state index contributed by atoms with van der Waals surface area (Å²) in [5.74, 6) is 0.0302. The number of aliphatic carboxylic acids is 1. The van der Waals surface area contributed by atoms with Crippen molar-refractivity contribution >= 4 is 5.97 Å². The first-order valence-corrected chi connectivity index (χ1v) is 5.89. The Hall–Kier alpha value is -0.610. The van der Waals surface area contributed by atoms with E-state index in [1.807, 2.05) is 0 Å². The highest BCUT2D eigenvalue weighted by atomic mass is 16.4. The standard InChI is InChI=1S/C11H20N2O2/c1-2-13(8-11(14)15)10-7-12-5-3-9(10)4-6-12/h9-10H,2-8H2,1H3,(H,14,15). The van der Waals surface area contributed by atoms with Crippen molar-refractivity contribution in [3.63, 3.8) is 0 Å². The molecule has 0 amide bonds. The van der Waals surface area contributed by atoms with E-state index >= 15 is 0 Å². The van der Waals surface area contributed by atoms with Gasteiger partial charge in [-0.1, -0.05) is 6.92 Å². The summed E-state index contributed by atoms with van der Waals surface area (Å²) in [6.45, 7) is 6.61. The number of nitrogens with zero attached hydrogens (tertiary/aromatic N) is 2. The van der Waals surface area contributed by atoms with Crippen LogP contribution in [0.15, 0.2) is 0 Å². The Bertz CT molecular complexity index is 237. The van der Waals surface area contributed by atoms with Gasteiger partial charge in [-0.3, -0.25) is 9.69 Å². The molecule has 2 bridgehead atoms. The van der Waals surface area contributed by atoms with Crippen LogP contribution in [0.5, 0.6) is 0 Å². The molecule has 86 valence electrons. The maximum Gasteiger partial charge on any atom is 0.317 e. The number of fused-ring (bicyclic) bond motifs is 3. The van der Waals surface area contributed by atoms with Crippen LogP contribution in [0.25, 0.3) is 0 Å². The van der Waals surface area contributed by atoms with Gasteiger partial charge >= 0.3 is 5.97 Å². The van der Waals surface area contributed by atoms with Crippen molar-refractivity contribution in [1.82, 2.24) is 9.80 Å². The quantitative estimate of drug-likeness (QED) is 0.736. The van der Waals surface area contributed by atoms with E-state index in [-0.39, 0.29) is 6.54 Å². The van der Waals surface area contributed by atoms with Crippen LogP contribution in [0, 0.1) is 5.92 Å². The zero-order valence-electron chi connectivity index (χ0n) is 9.35. The summed E-state index contributed by atoms with van der Waals surface area (Å²) in [5.41, 5.74) is 0. The van der Waals surface area contributed by atoms with Crippen molar-refractivity contribution in [2.24, 2.45) is 5.92 Å². The number of carboxylic acids is 1. The predicted molar refractivity (Wildman–Crippen MR) is 57.8 cm³/mol. The minimum absolute atomic E-state index is 0.200. The van der Waals surface area contributed by atoms with E-state index in [1.165, 1.54) is 25.9 Å². The second-order valence-electron chi connectivity index (χ2n) is 4.66. The third kappa shape index (κ3) is 2.32. The van der Waals surface area contributed by atoms with Gasteiger partial charge in [0.1, 0.15) is 0 Å². The molecule has 0 aromatic carbocycles. The van der Waals surface area contributed by atoms with Gasteiger partial charge in [-0.05, 0) is 38.4 Å². The van der Waals surface area contributed by atoms with Gasteiger partial charge in [-0.25, -0.2) is 0 Å². The van der Waals surface area contributed by atoms with Gasteiger partial charge in [0.15, 0.2) is 0 Å². The molecule has 3 heterocycles. The molecule has 1 N–H and O–H groups in total. The SMILES string of the molecule is CCN(CC(=O)O)C1CN2CCC1CC2. The Morgan fingerprint density at radius 1 is 1.47 bits per heavy atom. The molecule has 1 atom stereocenters. The molecule has 3 saturated heterocycles. The van der Waals surface area contributed by atoms with Crippen LogP contribution in [0.2, 0.25) is 0 Å². The molecule has 0 spiro atoms. The predicted octanol–water partition coefficient (Wildman–Crippen LogP) is 0.487. The molecule has 0 aliphatic carbocycles. The van der Waals surface area contributed by atoms with Gasteiger partial charge in [-0.2, -0.15) is 0 Å². The van der Waals surface area contributed by atoms with E-state index in [4.69, 9.17) is 5.11 Å². The highest BCUT2D eigenvalue weighted by Crippen LogP contribution is 2.30. The maximum atomic E-state index is 10.8. The number of hydrogen-bond donors (Lipinski definition) is 1. The molecule has 3 aliphatic rings. The molecular weight excluding hydrogens is 192 g/mol. The Morgan fingerprint density at radius 3 is 2.53 bits per heavy atom. The van der Waals surface area contributed by atoms with Gasteiger partial charge in [0.25, 0.3) is 0 Å². The highest BCUT2D eigenvalue weighted by molar-refractivity contribution is 5.69. The number of hydrogen-bond acceptors (Lipinski definition) is 3. The topological polar surface area (TPSA) is 43.8 Å². The molecular formula is C11H20N2O2. The van der Waals surface area contributed by atoms with E-state index < -0.39 is 5.97 Å². The van der Waals surface area contributed by atoms with E-state index in [1.54, 1.807) is 0 Å². The molecule has 0 saturated carbocycles. The van der Waals surface area contributed by atoms with Crippen molar-refractivity contribution in [3.8, 4) is 0 Å². The average molecular weight is 212 g/mol. The monoisotopic (exact) mass is 212 g/mol. The Balaban J connectivity index is 1.98. The fourth-order valence-corrected chi connectivity index (χ4v) is 2.98. The van der Waals surface area contributed by atoms with Gasteiger partial charge in [0, 0.05) is 12.6 Å². The van der Waals surface area contributed by atoms with Gasteiger partial charge in [0.05, 0.1) is 6.54 Å². The third-order valence-electron chi connectivity index (χ3n) is 3.84. The lowest BCUT2D eigenvalue weighted by Gasteiger charge is -2.48. The number of carboxylic acid groups (broad SMARTS) is 1. The van der Waals surface area contributed by atoms with Crippen molar-refractivity contribution < 1.29 is 9.90 Å². The summed E-state index contributed by atoms with van der Waals surface area (Å²) in [7, 11) is 0.